The first kappa shape index (κ1) is 40.4. The van der Waals surface area contributed by atoms with Crippen molar-refractivity contribution >= 4 is 19.8 Å². The molecule has 3 atom stereocenters. The van der Waals surface area contributed by atoms with Crippen LogP contribution in [0.15, 0.2) is 72.9 Å². The van der Waals surface area contributed by atoms with Crippen molar-refractivity contribution in [2.24, 2.45) is 0 Å². The number of carbonyl (C=O) groups excluding carboxylic acids is 2. The van der Waals surface area contributed by atoms with Crippen LogP contribution in [0.25, 0.3) is 0 Å². The fourth-order valence-electron chi connectivity index (χ4n) is 3.18. The van der Waals surface area contributed by atoms with E-state index in [2.05, 4.69) is 29.7 Å². The van der Waals surface area contributed by atoms with E-state index in [1.165, 1.54) is 0 Å². The fourth-order valence-corrected chi connectivity index (χ4v) is 3.97. The minimum atomic E-state index is -4.62. The van der Waals surface area contributed by atoms with Crippen LogP contribution in [-0.2, 0) is 32.7 Å². The Kier molecular flexibility index (Phi) is 26.5. The molecule has 3 N–H and O–H groups in total. The van der Waals surface area contributed by atoms with Crippen molar-refractivity contribution in [1.29, 1.82) is 0 Å². The number of allylic oxidation sites excluding steroid dienone is 12. The molecular weight excluding hydrogens is 575 g/mol. The molecule has 0 radical (unpaired) electrons. The lowest BCUT2D eigenvalue weighted by Gasteiger charge is -2.20. The number of carbonyl (C=O) groups is 2. The lowest BCUT2D eigenvalue weighted by molar-refractivity contribution is -0.161. The molecule has 10 nitrogen and oxygen atoms in total. The maximum absolute atomic E-state index is 12.4. The second-order valence-electron chi connectivity index (χ2n) is 9.45. The first-order chi connectivity index (χ1) is 20.7. The van der Waals surface area contributed by atoms with Crippen LogP contribution in [0.5, 0.6) is 0 Å². The monoisotopic (exact) mass is 626 g/mol. The number of aliphatic hydroxyl groups excluding tert-OH is 2. The van der Waals surface area contributed by atoms with Crippen LogP contribution in [0.3, 0.4) is 0 Å². The Labute approximate surface area is 257 Å². The minimum Gasteiger partial charge on any atom is -0.462 e. The zero-order chi connectivity index (χ0) is 32.0. The molecule has 0 rings (SSSR count). The van der Waals surface area contributed by atoms with Gasteiger partial charge in [-0.05, 0) is 44.9 Å². The molecule has 0 fully saturated rings. The van der Waals surface area contributed by atoms with Crippen LogP contribution in [-0.4, -0.2) is 65.7 Å². The van der Waals surface area contributed by atoms with Crippen LogP contribution in [0.2, 0.25) is 0 Å². The molecule has 11 heteroatoms. The molecule has 0 amide bonds. The SMILES string of the molecule is CC/C=C/C=C/C=C/C=C/CCCCCC(=O)OC(COC(=O)CC/C=C/C/C=C/CC)COP(=O)(O)OC[C@@H](O)CO. The number of hydrogen-bond donors (Lipinski definition) is 3. The smallest absolute Gasteiger partial charge is 0.462 e. The van der Waals surface area contributed by atoms with Crippen LogP contribution in [0.1, 0.15) is 78.1 Å². The number of phosphoric ester groups is 1. The summed E-state index contributed by atoms with van der Waals surface area (Å²) in [5.41, 5.74) is 0. The lowest BCUT2D eigenvalue weighted by Crippen LogP contribution is -2.29. The summed E-state index contributed by atoms with van der Waals surface area (Å²) in [4.78, 5) is 34.4. The van der Waals surface area contributed by atoms with E-state index in [4.69, 9.17) is 19.1 Å². The summed E-state index contributed by atoms with van der Waals surface area (Å²) in [6, 6.07) is 0. The van der Waals surface area contributed by atoms with Gasteiger partial charge in [0.2, 0.25) is 0 Å². The number of ether oxygens (including phenoxy) is 2. The van der Waals surface area contributed by atoms with Crippen molar-refractivity contribution in [3.8, 4) is 0 Å². The van der Waals surface area contributed by atoms with Gasteiger partial charge in [-0.15, -0.1) is 0 Å². The Hall–Kier alpha value is -2.59. The highest BCUT2D eigenvalue weighted by Gasteiger charge is 2.27. The van der Waals surface area contributed by atoms with Crippen LogP contribution in [0.4, 0.5) is 0 Å². The van der Waals surface area contributed by atoms with E-state index in [1.54, 1.807) is 0 Å². The third kappa shape index (κ3) is 28.0. The summed E-state index contributed by atoms with van der Waals surface area (Å²) in [5.74, 6) is -1.07. The van der Waals surface area contributed by atoms with Gasteiger partial charge >= 0.3 is 19.8 Å². The van der Waals surface area contributed by atoms with Crippen LogP contribution >= 0.6 is 7.82 Å². The van der Waals surface area contributed by atoms with Gasteiger partial charge in [0.05, 0.1) is 19.8 Å². The molecule has 0 bridgehead atoms. The van der Waals surface area contributed by atoms with E-state index in [0.717, 1.165) is 38.5 Å². The number of unbranched alkanes of at least 4 members (excludes halogenated alkanes) is 3. The summed E-state index contributed by atoms with van der Waals surface area (Å²) >= 11 is 0. The molecule has 0 aromatic rings. The highest BCUT2D eigenvalue weighted by Crippen LogP contribution is 2.43. The van der Waals surface area contributed by atoms with Gasteiger partial charge in [0, 0.05) is 12.8 Å². The normalized spacial score (nSPS) is 15.4. The first-order valence-electron chi connectivity index (χ1n) is 14.9. The molecule has 0 heterocycles. The van der Waals surface area contributed by atoms with Gasteiger partial charge in [0.1, 0.15) is 12.7 Å². The molecule has 0 spiro atoms. The quantitative estimate of drug-likeness (QED) is 0.0333. The molecule has 43 heavy (non-hydrogen) atoms. The van der Waals surface area contributed by atoms with Crippen LogP contribution < -0.4 is 0 Å². The Morgan fingerprint density at radius 3 is 2.07 bits per heavy atom. The van der Waals surface area contributed by atoms with E-state index in [1.807, 2.05) is 61.6 Å². The van der Waals surface area contributed by atoms with Gasteiger partial charge in [0.25, 0.3) is 0 Å². The van der Waals surface area contributed by atoms with E-state index < -0.39 is 51.8 Å². The largest absolute Gasteiger partial charge is 0.472 e. The molecular formula is C32H51O10P. The minimum absolute atomic E-state index is 0.118. The molecule has 0 saturated carbocycles. The highest BCUT2D eigenvalue weighted by molar-refractivity contribution is 7.47. The number of rotatable bonds is 26. The zero-order valence-corrected chi connectivity index (χ0v) is 26.5. The topological polar surface area (TPSA) is 149 Å². The van der Waals surface area contributed by atoms with Crippen molar-refractivity contribution in [3.05, 3.63) is 72.9 Å². The molecule has 244 valence electrons. The number of esters is 2. The predicted molar refractivity (Wildman–Crippen MR) is 168 cm³/mol. The lowest BCUT2D eigenvalue weighted by atomic mass is 10.1. The molecule has 0 saturated heterocycles. The first-order valence-corrected chi connectivity index (χ1v) is 16.4. The molecule has 0 aromatic carbocycles. The molecule has 0 aromatic heterocycles. The maximum atomic E-state index is 12.4. The van der Waals surface area contributed by atoms with Crippen molar-refractivity contribution in [3.63, 3.8) is 0 Å². The van der Waals surface area contributed by atoms with Gasteiger partial charge in [-0.3, -0.25) is 18.6 Å². The summed E-state index contributed by atoms with van der Waals surface area (Å²) < 4.78 is 32.1. The van der Waals surface area contributed by atoms with Gasteiger partial charge in [-0.2, -0.15) is 0 Å². The Morgan fingerprint density at radius 1 is 0.721 bits per heavy atom. The summed E-state index contributed by atoms with van der Waals surface area (Å²) in [7, 11) is -4.62. The highest BCUT2D eigenvalue weighted by atomic mass is 31.2. The zero-order valence-electron chi connectivity index (χ0n) is 25.6. The van der Waals surface area contributed by atoms with Gasteiger partial charge < -0.3 is 24.6 Å². The van der Waals surface area contributed by atoms with E-state index in [0.29, 0.717) is 12.8 Å². The van der Waals surface area contributed by atoms with Crippen molar-refractivity contribution < 1.29 is 47.8 Å². The second-order valence-corrected chi connectivity index (χ2v) is 10.9. The van der Waals surface area contributed by atoms with Crippen molar-refractivity contribution in [1.82, 2.24) is 0 Å². The molecule has 0 aliphatic rings. The van der Waals surface area contributed by atoms with E-state index >= 15 is 0 Å². The standard InChI is InChI=1S/C32H51O10P/c1-3-5-7-9-11-12-13-14-15-16-18-20-22-24-32(36)42-30(28-41-43(37,38)40-26-29(34)25-33)27-39-31(35)23-21-19-17-10-8-6-4-2/h5-9,11-15,17,19,29-30,33-34H,3-4,10,16,18,20-28H2,1-2H3,(H,37,38)/b7-5+,8-6+,11-9+,13-12+,15-14+,19-17+/t29-,30?/m0/s1. The Bertz CT molecular complexity index is 952. The van der Waals surface area contributed by atoms with Gasteiger partial charge in [-0.25, -0.2) is 4.57 Å². The summed E-state index contributed by atoms with van der Waals surface area (Å²) in [6.45, 7) is 1.89. The van der Waals surface area contributed by atoms with Crippen molar-refractivity contribution in [2.75, 3.05) is 26.4 Å². The van der Waals surface area contributed by atoms with E-state index in [9.17, 15) is 24.2 Å². The average molecular weight is 627 g/mol. The number of phosphoric acid groups is 1. The molecule has 0 aliphatic heterocycles. The number of aliphatic hydroxyl groups is 2. The second kappa shape index (κ2) is 28.2. The third-order valence-electron chi connectivity index (χ3n) is 5.46. The third-order valence-corrected chi connectivity index (χ3v) is 6.41. The Balaban J connectivity index is 4.64. The number of hydrogen-bond acceptors (Lipinski definition) is 9. The van der Waals surface area contributed by atoms with Crippen LogP contribution in [0, 0.1) is 0 Å². The average Bonchev–Trinajstić information content (AvgIpc) is 2.99. The van der Waals surface area contributed by atoms with Gasteiger partial charge in [-0.1, -0.05) is 93.2 Å². The fraction of sp³-hybridized carbons (Fsp3) is 0.562. The van der Waals surface area contributed by atoms with E-state index in [-0.39, 0.29) is 19.4 Å². The molecule has 0 aliphatic carbocycles. The molecule has 2 unspecified atom stereocenters. The Morgan fingerprint density at radius 2 is 1.37 bits per heavy atom. The van der Waals surface area contributed by atoms with Crippen molar-refractivity contribution in [2.45, 2.75) is 90.3 Å². The van der Waals surface area contributed by atoms with Gasteiger partial charge in [0.15, 0.2) is 6.10 Å². The predicted octanol–water partition coefficient (Wildman–Crippen LogP) is 6.21. The summed E-state index contributed by atoms with van der Waals surface area (Å²) in [6.07, 6.45) is 28.0. The summed E-state index contributed by atoms with van der Waals surface area (Å²) in [5, 5.41) is 18.1. The maximum Gasteiger partial charge on any atom is 0.472 e.